The smallest absolute Gasteiger partial charge is 0.335 e. The van der Waals surface area contributed by atoms with Gasteiger partial charge in [-0.05, 0) is 54.8 Å². The fourth-order valence-corrected chi connectivity index (χ4v) is 3.37. The van der Waals surface area contributed by atoms with Crippen molar-refractivity contribution < 1.29 is 18.7 Å². The number of furan rings is 1. The predicted octanol–water partition coefficient (Wildman–Crippen LogP) is 4.91. The van der Waals surface area contributed by atoms with Crippen molar-refractivity contribution in [2.24, 2.45) is 0 Å². The minimum Gasteiger partial charge on any atom is -0.478 e. The van der Waals surface area contributed by atoms with E-state index in [-0.39, 0.29) is 17.1 Å². The maximum Gasteiger partial charge on any atom is 0.335 e. The highest BCUT2D eigenvalue weighted by Gasteiger charge is 2.21. The minimum absolute atomic E-state index is 0.237. The second kappa shape index (κ2) is 6.43. The number of allylic oxidation sites excluding steroid dienone is 2. The zero-order valence-electron chi connectivity index (χ0n) is 15.0. The second-order valence-electron chi connectivity index (χ2n) is 6.71. The van der Waals surface area contributed by atoms with Crippen LogP contribution in [0.3, 0.4) is 0 Å². The van der Waals surface area contributed by atoms with Crippen molar-refractivity contribution >= 4 is 28.2 Å². The van der Waals surface area contributed by atoms with E-state index in [1.807, 2.05) is 32.1 Å². The molecule has 1 aliphatic heterocycles. The number of nitrogens with one attached hydrogen (secondary N) is 1. The molecular weight excluding hydrogens is 345 g/mol. The number of dihydropyridines is 1. The third-order valence-electron chi connectivity index (χ3n) is 4.71. The molecule has 27 heavy (non-hydrogen) atoms. The van der Waals surface area contributed by atoms with Crippen molar-refractivity contribution in [3.8, 4) is 0 Å². The Labute approximate surface area is 155 Å². The molecule has 0 saturated carbocycles. The first-order valence-corrected chi connectivity index (χ1v) is 8.62. The summed E-state index contributed by atoms with van der Waals surface area (Å²) in [6.45, 7) is 4.26. The molecular formula is C22H18FNO3. The van der Waals surface area contributed by atoms with Gasteiger partial charge < -0.3 is 14.8 Å². The lowest BCUT2D eigenvalue weighted by Gasteiger charge is -2.16. The monoisotopic (exact) mass is 363 g/mol. The first-order chi connectivity index (χ1) is 12.9. The Balaban J connectivity index is 1.69. The number of benzene rings is 2. The third-order valence-corrected chi connectivity index (χ3v) is 4.71. The van der Waals surface area contributed by atoms with E-state index < -0.39 is 5.97 Å². The Bertz CT molecular complexity index is 1120. The molecule has 0 unspecified atom stereocenters. The summed E-state index contributed by atoms with van der Waals surface area (Å²) in [7, 11) is 0. The van der Waals surface area contributed by atoms with E-state index in [9.17, 15) is 9.18 Å². The maximum absolute atomic E-state index is 14.9. The molecule has 0 saturated heterocycles. The van der Waals surface area contributed by atoms with Crippen LogP contribution in [0.25, 0.3) is 22.2 Å². The van der Waals surface area contributed by atoms with Crippen LogP contribution >= 0.6 is 0 Å². The summed E-state index contributed by atoms with van der Waals surface area (Å²) in [5, 5.41) is 12.7. The van der Waals surface area contributed by atoms with Gasteiger partial charge in [0.1, 0.15) is 5.58 Å². The largest absolute Gasteiger partial charge is 0.478 e. The van der Waals surface area contributed by atoms with Gasteiger partial charge in [0.15, 0.2) is 11.6 Å². The quantitative estimate of drug-likeness (QED) is 0.694. The van der Waals surface area contributed by atoms with Crippen molar-refractivity contribution in [3.63, 3.8) is 0 Å². The van der Waals surface area contributed by atoms with Crippen LogP contribution in [0, 0.1) is 19.7 Å². The molecule has 3 aromatic rings. The standard InChI is InChI=1S/C22H18FNO3/c1-12-9-13(2)20-17(10-12)19(23)21(27-20)16-7-8-18(24-11-16)14-3-5-15(6-4-14)22(25)26/h3-10,24H,11H2,1-2H3,(H,25,26). The summed E-state index contributed by atoms with van der Waals surface area (Å²) >= 11 is 0. The van der Waals surface area contributed by atoms with Gasteiger partial charge in [-0.1, -0.05) is 24.3 Å². The molecule has 0 aliphatic carbocycles. The van der Waals surface area contributed by atoms with E-state index in [0.29, 0.717) is 17.5 Å². The normalized spacial score (nSPS) is 13.9. The fraction of sp³-hybridized carbons (Fsp3) is 0.136. The number of carboxylic acid groups (broad SMARTS) is 1. The molecule has 4 rings (SSSR count). The van der Waals surface area contributed by atoms with Crippen molar-refractivity contribution in [1.82, 2.24) is 5.32 Å². The van der Waals surface area contributed by atoms with E-state index in [2.05, 4.69) is 5.32 Å². The molecule has 136 valence electrons. The number of aromatic carboxylic acids is 1. The number of aryl methyl sites for hydroxylation is 2. The molecule has 0 spiro atoms. The summed E-state index contributed by atoms with van der Waals surface area (Å²) in [5.74, 6) is -1.05. The molecule has 0 radical (unpaired) electrons. The van der Waals surface area contributed by atoms with Crippen molar-refractivity contribution in [3.05, 3.63) is 82.4 Å². The molecule has 5 heteroatoms. The number of carbonyl (C=O) groups is 1. The average Bonchev–Trinajstić information content (AvgIpc) is 2.99. The highest BCUT2D eigenvalue weighted by Crippen LogP contribution is 2.33. The lowest BCUT2D eigenvalue weighted by Crippen LogP contribution is -2.18. The molecule has 0 atom stereocenters. The van der Waals surface area contributed by atoms with E-state index in [1.54, 1.807) is 30.3 Å². The predicted molar refractivity (Wildman–Crippen MR) is 103 cm³/mol. The van der Waals surface area contributed by atoms with Gasteiger partial charge in [0.2, 0.25) is 0 Å². The van der Waals surface area contributed by atoms with Gasteiger partial charge in [0.05, 0.1) is 10.9 Å². The summed E-state index contributed by atoms with van der Waals surface area (Å²) in [4.78, 5) is 11.0. The Kier molecular flexibility index (Phi) is 4.07. The Hall–Kier alpha value is -3.34. The number of halogens is 1. The van der Waals surface area contributed by atoms with Crippen LogP contribution in [0.15, 0.2) is 53.0 Å². The van der Waals surface area contributed by atoms with E-state index in [0.717, 1.165) is 28.0 Å². The summed E-state index contributed by atoms with van der Waals surface area (Å²) < 4.78 is 20.7. The maximum atomic E-state index is 14.9. The lowest BCUT2D eigenvalue weighted by atomic mass is 10.0. The molecule has 4 nitrogen and oxygen atoms in total. The fourth-order valence-electron chi connectivity index (χ4n) is 3.37. The molecule has 2 aromatic carbocycles. The van der Waals surface area contributed by atoms with Crippen molar-refractivity contribution in [2.75, 3.05) is 6.54 Å². The summed E-state index contributed by atoms with van der Waals surface area (Å²) in [6.07, 6.45) is 3.68. The van der Waals surface area contributed by atoms with Gasteiger partial charge in [-0.25, -0.2) is 9.18 Å². The molecule has 2 N–H and O–H groups in total. The van der Waals surface area contributed by atoms with E-state index in [1.165, 1.54) is 0 Å². The first kappa shape index (κ1) is 17.1. The topological polar surface area (TPSA) is 62.5 Å². The number of hydrogen-bond donors (Lipinski definition) is 2. The van der Waals surface area contributed by atoms with Crippen molar-refractivity contribution in [2.45, 2.75) is 13.8 Å². The van der Waals surface area contributed by atoms with Gasteiger partial charge in [-0.2, -0.15) is 0 Å². The van der Waals surface area contributed by atoms with Crippen LogP contribution in [0.4, 0.5) is 4.39 Å². The van der Waals surface area contributed by atoms with E-state index >= 15 is 0 Å². The zero-order chi connectivity index (χ0) is 19.1. The van der Waals surface area contributed by atoms with Gasteiger partial charge >= 0.3 is 5.97 Å². The van der Waals surface area contributed by atoms with E-state index in [4.69, 9.17) is 9.52 Å². The summed E-state index contributed by atoms with van der Waals surface area (Å²) in [6, 6.07) is 10.4. The molecule has 0 fully saturated rings. The SMILES string of the molecule is Cc1cc(C)c2oc(C3=CC=C(c4ccc(C(=O)O)cc4)NC3)c(F)c2c1. The van der Waals surface area contributed by atoms with Crippen LogP contribution in [0.5, 0.6) is 0 Å². The Morgan fingerprint density at radius 2 is 1.89 bits per heavy atom. The zero-order valence-corrected chi connectivity index (χ0v) is 15.0. The third kappa shape index (κ3) is 3.01. The lowest BCUT2D eigenvalue weighted by molar-refractivity contribution is 0.0697. The number of carboxylic acids is 1. The van der Waals surface area contributed by atoms with Crippen LogP contribution in [0.2, 0.25) is 0 Å². The Morgan fingerprint density at radius 3 is 2.52 bits per heavy atom. The van der Waals surface area contributed by atoms with Crippen LogP contribution in [-0.2, 0) is 0 Å². The number of fused-ring (bicyclic) bond motifs is 1. The van der Waals surface area contributed by atoms with Gasteiger partial charge in [0.25, 0.3) is 0 Å². The minimum atomic E-state index is -0.958. The highest BCUT2D eigenvalue weighted by atomic mass is 19.1. The second-order valence-corrected chi connectivity index (χ2v) is 6.71. The molecule has 1 aromatic heterocycles. The molecule has 1 aliphatic rings. The van der Waals surface area contributed by atoms with Crippen LogP contribution in [-0.4, -0.2) is 17.6 Å². The molecule has 2 heterocycles. The highest BCUT2D eigenvalue weighted by molar-refractivity contribution is 5.89. The van der Waals surface area contributed by atoms with Crippen LogP contribution in [0.1, 0.15) is 32.8 Å². The molecule has 0 amide bonds. The molecule has 0 bridgehead atoms. The first-order valence-electron chi connectivity index (χ1n) is 8.62. The van der Waals surface area contributed by atoms with Gasteiger partial charge in [-0.3, -0.25) is 0 Å². The van der Waals surface area contributed by atoms with Crippen molar-refractivity contribution in [1.29, 1.82) is 0 Å². The Morgan fingerprint density at radius 1 is 1.15 bits per heavy atom. The number of hydrogen-bond acceptors (Lipinski definition) is 3. The van der Waals surface area contributed by atoms with Crippen LogP contribution < -0.4 is 5.32 Å². The van der Waals surface area contributed by atoms with Gasteiger partial charge in [0, 0.05) is 17.8 Å². The summed E-state index contributed by atoms with van der Waals surface area (Å²) in [5.41, 5.74) is 5.16. The number of rotatable bonds is 3. The van der Waals surface area contributed by atoms with Gasteiger partial charge in [-0.15, -0.1) is 0 Å². The average molecular weight is 363 g/mol.